The van der Waals surface area contributed by atoms with E-state index in [2.05, 4.69) is 10.4 Å². The molecular formula is C13H11F3N4O4. The van der Waals surface area contributed by atoms with Crippen molar-refractivity contribution in [1.29, 1.82) is 0 Å². The van der Waals surface area contributed by atoms with E-state index in [1.165, 1.54) is 13.2 Å². The number of rotatable bonds is 5. The summed E-state index contributed by atoms with van der Waals surface area (Å²) in [7, 11) is 1.26. The maximum absolute atomic E-state index is 12.4. The summed E-state index contributed by atoms with van der Waals surface area (Å²) in [6.07, 6.45) is -3.57. The van der Waals surface area contributed by atoms with Gasteiger partial charge >= 0.3 is 6.18 Å². The van der Waals surface area contributed by atoms with Crippen molar-refractivity contribution in [2.45, 2.75) is 12.7 Å². The summed E-state index contributed by atoms with van der Waals surface area (Å²) in [5.74, 6) is -0.618. The highest BCUT2D eigenvalue weighted by molar-refractivity contribution is 5.92. The van der Waals surface area contributed by atoms with Gasteiger partial charge in [-0.15, -0.1) is 0 Å². The highest BCUT2D eigenvalue weighted by Crippen LogP contribution is 2.29. The third-order valence-electron chi connectivity index (χ3n) is 2.91. The number of nitrogens with zero attached hydrogens (tertiary/aromatic N) is 3. The number of ether oxygens (including phenoxy) is 1. The highest BCUT2D eigenvalue weighted by Gasteiger charge is 2.33. The zero-order valence-corrected chi connectivity index (χ0v) is 12.2. The van der Waals surface area contributed by atoms with Gasteiger partial charge in [0.15, 0.2) is 5.69 Å². The van der Waals surface area contributed by atoms with E-state index in [1.807, 2.05) is 0 Å². The van der Waals surface area contributed by atoms with Gasteiger partial charge in [-0.3, -0.25) is 19.6 Å². The molecular weight excluding hydrogens is 333 g/mol. The van der Waals surface area contributed by atoms with Crippen molar-refractivity contribution in [2.75, 3.05) is 12.4 Å². The maximum atomic E-state index is 12.4. The van der Waals surface area contributed by atoms with Crippen LogP contribution in [0.4, 0.5) is 24.5 Å². The molecule has 0 radical (unpaired) electrons. The second-order valence-electron chi connectivity index (χ2n) is 4.59. The molecule has 11 heteroatoms. The first kappa shape index (κ1) is 17.2. The van der Waals surface area contributed by atoms with Crippen LogP contribution in [0.5, 0.6) is 5.75 Å². The fourth-order valence-electron chi connectivity index (χ4n) is 1.83. The number of carbonyl (C=O) groups excluding carboxylic acids is 1. The molecule has 0 aliphatic heterocycles. The Morgan fingerprint density at radius 1 is 1.42 bits per heavy atom. The van der Waals surface area contributed by atoms with Crippen molar-refractivity contribution in [2.24, 2.45) is 0 Å². The Balaban J connectivity index is 2.10. The van der Waals surface area contributed by atoms with Crippen LogP contribution in [-0.2, 0) is 17.5 Å². The van der Waals surface area contributed by atoms with Gasteiger partial charge < -0.3 is 10.1 Å². The summed E-state index contributed by atoms with van der Waals surface area (Å²) in [5, 5.41) is 16.3. The van der Waals surface area contributed by atoms with Crippen LogP contribution in [0, 0.1) is 10.1 Å². The number of nitro groups is 1. The number of hydrogen-bond donors (Lipinski definition) is 1. The standard InChI is InChI=1S/C13H11F3N4O4/c1-24-10-6-8(20(22)23)2-3-9(10)17-12(21)7-19-5-4-11(18-19)13(14,15)16/h2-6H,7H2,1H3,(H,17,21). The van der Waals surface area contributed by atoms with E-state index in [0.717, 1.165) is 29.1 Å². The van der Waals surface area contributed by atoms with Gasteiger partial charge in [0.05, 0.1) is 23.8 Å². The van der Waals surface area contributed by atoms with E-state index in [0.29, 0.717) is 0 Å². The quantitative estimate of drug-likeness (QED) is 0.663. The number of benzene rings is 1. The lowest BCUT2D eigenvalue weighted by atomic mass is 10.2. The number of non-ortho nitro benzene ring substituents is 1. The van der Waals surface area contributed by atoms with E-state index in [9.17, 15) is 28.1 Å². The molecule has 2 aromatic rings. The molecule has 2 rings (SSSR count). The molecule has 0 aliphatic rings. The zero-order chi connectivity index (χ0) is 17.9. The summed E-state index contributed by atoms with van der Waals surface area (Å²) < 4.78 is 43.1. The summed E-state index contributed by atoms with van der Waals surface area (Å²) in [4.78, 5) is 21.9. The SMILES string of the molecule is COc1cc([N+](=O)[O-])ccc1NC(=O)Cn1ccc(C(F)(F)F)n1. The number of anilines is 1. The number of halogens is 3. The van der Waals surface area contributed by atoms with Gasteiger partial charge in [-0.25, -0.2) is 0 Å². The normalized spacial score (nSPS) is 11.2. The number of hydrogen-bond acceptors (Lipinski definition) is 5. The Kier molecular flexibility index (Phi) is 4.71. The van der Waals surface area contributed by atoms with E-state index in [-0.39, 0.29) is 17.1 Å². The number of carbonyl (C=O) groups is 1. The minimum Gasteiger partial charge on any atom is -0.494 e. The Morgan fingerprint density at radius 2 is 2.12 bits per heavy atom. The number of aromatic nitrogens is 2. The summed E-state index contributed by atoms with van der Waals surface area (Å²) >= 11 is 0. The average Bonchev–Trinajstić information content (AvgIpc) is 2.95. The number of nitro benzene ring substituents is 1. The Bertz CT molecular complexity index is 773. The van der Waals surface area contributed by atoms with Crippen LogP contribution in [0.1, 0.15) is 5.69 Å². The average molecular weight is 344 g/mol. The molecule has 1 amide bonds. The molecule has 1 aromatic heterocycles. The van der Waals surface area contributed by atoms with Crippen LogP contribution in [0.25, 0.3) is 0 Å². The number of nitrogens with one attached hydrogen (secondary N) is 1. The molecule has 1 aromatic carbocycles. The van der Waals surface area contributed by atoms with Gasteiger partial charge in [-0.05, 0) is 12.1 Å². The third-order valence-corrected chi connectivity index (χ3v) is 2.91. The molecule has 0 unspecified atom stereocenters. The van der Waals surface area contributed by atoms with Crippen molar-refractivity contribution < 1.29 is 27.6 Å². The molecule has 128 valence electrons. The first-order valence-electron chi connectivity index (χ1n) is 6.43. The number of amides is 1. The summed E-state index contributed by atoms with van der Waals surface area (Å²) in [5.41, 5.74) is -1.19. The van der Waals surface area contributed by atoms with E-state index in [1.54, 1.807) is 0 Å². The molecule has 24 heavy (non-hydrogen) atoms. The molecule has 1 heterocycles. The minimum atomic E-state index is -4.59. The van der Waals surface area contributed by atoms with Crippen molar-refractivity contribution in [3.63, 3.8) is 0 Å². The van der Waals surface area contributed by atoms with Gasteiger partial charge in [-0.1, -0.05) is 0 Å². The van der Waals surface area contributed by atoms with Crippen molar-refractivity contribution >= 4 is 17.3 Å². The molecule has 0 aliphatic carbocycles. The molecule has 0 bridgehead atoms. The fourth-order valence-corrected chi connectivity index (χ4v) is 1.83. The molecule has 0 atom stereocenters. The van der Waals surface area contributed by atoms with Gasteiger partial charge in [0.1, 0.15) is 12.3 Å². The smallest absolute Gasteiger partial charge is 0.435 e. The highest BCUT2D eigenvalue weighted by atomic mass is 19.4. The van der Waals surface area contributed by atoms with Crippen LogP contribution in [0.2, 0.25) is 0 Å². The predicted octanol–water partition coefficient (Wildman–Crippen LogP) is 2.46. The summed E-state index contributed by atoms with van der Waals surface area (Å²) in [6.45, 7) is -0.462. The lowest BCUT2D eigenvalue weighted by Crippen LogP contribution is -2.20. The second kappa shape index (κ2) is 6.56. The van der Waals surface area contributed by atoms with Crippen molar-refractivity contribution in [3.05, 3.63) is 46.3 Å². The largest absolute Gasteiger partial charge is 0.494 e. The van der Waals surface area contributed by atoms with Crippen LogP contribution in [0.15, 0.2) is 30.5 Å². The van der Waals surface area contributed by atoms with E-state index in [4.69, 9.17) is 4.74 Å². The van der Waals surface area contributed by atoms with Gasteiger partial charge in [-0.2, -0.15) is 18.3 Å². The first-order valence-corrected chi connectivity index (χ1v) is 6.43. The van der Waals surface area contributed by atoms with Crippen LogP contribution in [0.3, 0.4) is 0 Å². The van der Waals surface area contributed by atoms with Crippen LogP contribution >= 0.6 is 0 Å². The minimum absolute atomic E-state index is 0.0500. The van der Waals surface area contributed by atoms with Crippen molar-refractivity contribution in [1.82, 2.24) is 9.78 Å². The predicted molar refractivity (Wildman–Crippen MR) is 75.5 cm³/mol. The van der Waals surface area contributed by atoms with Crippen LogP contribution in [-0.4, -0.2) is 27.7 Å². The lowest BCUT2D eigenvalue weighted by Gasteiger charge is -2.10. The number of methoxy groups -OCH3 is 1. The third kappa shape index (κ3) is 4.00. The molecule has 8 nitrogen and oxygen atoms in total. The van der Waals surface area contributed by atoms with Gasteiger partial charge in [0, 0.05) is 12.3 Å². The monoisotopic (exact) mass is 344 g/mol. The maximum Gasteiger partial charge on any atom is 0.435 e. The molecule has 0 fully saturated rings. The number of alkyl halides is 3. The van der Waals surface area contributed by atoms with Crippen LogP contribution < -0.4 is 10.1 Å². The second-order valence-corrected chi connectivity index (χ2v) is 4.59. The Hall–Kier alpha value is -3.11. The van der Waals surface area contributed by atoms with Gasteiger partial charge in [0.25, 0.3) is 5.69 Å². The molecule has 0 saturated heterocycles. The zero-order valence-electron chi connectivity index (χ0n) is 12.2. The Morgan fingerprint density at radius 3 is 2.67 bits per heavy atom. The summed E-state index contributed by atoms with van der Waals surface area (Å²) in [6, 6.07) is 4.29. The molecule has 0 spiro atoms. The fraction of sp³-hybridized carbons (Fsp3) is 0.231. The molecule has 0 saturated carbocycles. The first-order chi connectivity index (χ1) is 11.2. The Labute approximate surface area is 133 Å². The van der Waals surface area contributed by atoms with Gasteiger partial charge in [0.2, 0.25) is 5.91 Å². The molecule has 1 N–H and O–H groups in total. The topological polar surface area (TPSA) is 99.3 Å². The lowest BCUT2D eigenvalue weighted by molar-refractivity contribution is -0.384. The van der Waals surface area contributed by atoms with Crippen molar-refractivity contribution in [3.8, 4) is 5.75 Å². The van der Waals surface area contributed by atoms with E-state index >= 15 is 0 Å². The van der Waals surface area contributed by atoms with E-state index < -0.39 is 29.2 Å².